The van der Waals surface area contributed by atoms with Crippen LogP contribution in [0.5, 0.6) is 0 Å². The zero-order valence-electron chi connectivity index (χ0n) is 13.0. The van der Waals surface area contributed by atoms with E-state index in [1.54, 1.807) is 0 Å². The number of thioether (sulfide) groups is 1. The largest absolute Gasteiger partial charge is 0.300 e. The third kappa shape index (κ3) is 3.89. The van der Waals surface area contributed by atoms with Gasteiger partial charge in [0.25, 0.3) is 11.6 Å². The first-order chi connectivity index (χ1) is 11.9. The first kappa shape index (κ1) is 17.2. The highest BCUT2D eigenvalue weighted by molar-refractivity contribution is 8.18. The molecule has 126 valence electrons. The minimum absolute atomic E-state index is 0.0894. The number of carbonyl (C=O) groups excluding carboxylic acids is 1. The molecule has 1 aliphatic rings. The Morgan fingerprint density at radius 1 is 1.28 bits per heavy atom. The highest BCUT2D eigenvalue weighted by atomic mass is 35.5. The summed E-state index contributed by atoms with van der Waals surface area (Å²) in [5, 5.41) is 14.4. The fourth-order valence-corrected chi connectivity index (χ4v) is 3.17. The van der Waals surface area contributed by atoms with Crippen molar-refractivity contribution >= 4 is 51.9 Å². The Hall–Kier alpha value is -2.64. The van der Waals surface area contributed by atoms with Gasteiger partial charge in [-0.1, -0.05) is 29.8 Å². The molecule has 0 bridgehead atoms. The fourth-order valence-electron chi connectivity index (χ4n) is 2.18. The Labute approximate surface area is 152 Å². The molecule has 0 aliphatic carbocycles. The van der Waals surface area contributed by atoms with Crippen molar-refractivity contribution in [3.63, 3.8) is 0 Å². The van der Waals surface area contributed by atoms with Crippen molar-refractivity contribution in [3.8, 4) is 0 Å². The van der Waals surface area contributed by atoms with E-state index < -0.39 is 4.92 Å². The number of hydrogen-bond acceptors (Lipinski definition) is 5. The summed E-state index contributed by atoms with van der Waals surface area (Å²) < 4.78 is 0. The Morgan fingerprint density at radius 3 is 2.76 bits per heavy atom. The van der Waals surface area contributed by atoms with E-state index in [0.29, 0.717) is 20.7 Å². The van der Waals surface area contributed by atoms with E-state index >= 15 is 0 Å². The molecule has 0 unspecified atom stereocenters. The maximum atomic E-state index is 12.1. The Bertz CT molecular complexity index is 940. The molecule has 1 fully saturated rings. The second-order valence-electron chi connectivity index (χ2n) is 5.23. The van der Waals surface area contributed by atoms with Crippen molar-refractivity contribution in [2.75, 3.05) is 0 Å². The molecular weight excluding hydrogens is 362 g/mol. The third-order valence-corrected chi connectivity index (χ3v) is 4.72. The number of para-hydroxylation sites is 1. The minimum atomic E-state index is -0.509. The second-order valence-corrected chi connectivity index (χ2v) is 6.67. The number of amidine groups is 1. The van der Waals surface area contributed by atoms with Gasteiger partial charge < -0.3 is 5.32 Å². The van der Waals surface area contributed by atoms with Crippen LogP contribution in [0.1, 0.15) is 11.1 Å². The van der Waals surface area contributed by atoms with Gasteiger partial charge in [-0.15, -0.1) is 0 Å². The number of amides is 1. The van der Waals surface area contributed by atoms with Gasteiger partial charge >= 0.3 is 0 Å². The number of aryl methyl sites for hydroxylation is 1. The summed E-state index contributed by atoms with van der Waals surface area (Å²) in [4.78, 5) is 27.3. The number of carbonyl (C=O) groups is 1. The lowest BCUT2D eigenvalue weighted by Gasteiger charge is -2.00. The molecule has 2 aromatic carbocycles. The molecule has 0 radical (unpaired) electrons. The van der Waals surface area contributed by atoms with Gasteiger partial charge in [0.2, 0.25) is 0 Å². The van der Waals surface area contributed by atoms with Gasteiger partial charge in [-0.2, -0.15) is 0 Å². The molecule has 1 heterocycles. The van der Waals surface area contributed by atoms with Gasteiger partial charge in [0.15, 0.2) is 5.17 Å². The van der Waals surface area contributed by atoms with Crippen molar-refractivity contribution in [2.24, 2.45) is 4.99 Å². The molecular formula is C17H12ClN3O3S. The van der Waals surface area contributed by atoms with Crippen LogP contribution in [0.3, 0.4) is 0 Å². The van der Waals surface area contributed by atoms with Crippen LogP contribution in [0.4, 0.5) is 11.4 Å². The van der Waals surface area contributed by atoms with Crippen molar-refractivity contribution in [1.29, 1.82) is 0 Å². The van der Waals surface area contributed by atoms with Gasteiger partial charge in [-0.25, -0.2) is 4.99 Å². The topological polar surface area (TPSA) is 84.6 Å². The van der Waals surface area contributed by atoms with E-state index in [0.717, 1.165) is 23.0 Å². The second kappa shape index (κ2) is 7.08. The van der Waals surface area contributed by atoms with Crippen molar-refractivity contribution < 1.29 is 9.72 Å². The van der Waals surface area contributed by atoms with Crippen LogP contribution in [-0.2, 0) is 4.79 Å². The number of non-ortho nitro benzene ring substituents is 1. The fraction of sp³-hybridized carbons (Fsp3) is 0.0588. The first-order valence-corrected chi connectivity index (χ1v) is 8.42. The predicted octanol–water partition coefficient (Wildman–Crippen LogP) is 4.45. The lowest BCUT2D eigenvalue weighted by Crippen LogP contribution is -2.19. The Kier molecular flexibility index (Phi) is 4.87. The summed E-state index contributed by atoms with van der Waals surface area (Å²) in [5.41, 5.74) is 2.07. The SMILES string of the molecule is Cc1ccccc1N=C1NC(=O)C(=Cc2cc([N+](=O)[O-])ccc2Cl)S1. The maximum absolute atomic E-state index is 12.1. The van der Waals surface area contributed by atoms with Crippen LogP contribution >= 0.6 is 23.4 Å². The number of nitrogens with zero attached hydrogens (tertiary/aromatic N) is 2. The normalized spacial score (nSPS) is 17.1. The van der Waals surface area contributed by atoms with Crippen LogP contribution < -0.4 is 5.32 Å². The zero-order chi connectivity index (χ0) is 18.0. The summed E-state index contributed by atoms with van der Waals surface area (Å²) in [5.74, 6) is -0.320. The molecule has 0 atom stereocenters. The van der Waals surface area contributed by atoms with Gasteiger partial charge in [0, 0.05) is 22.7 Å². The van der Waals surface area contributed by atoms with Gasteiger partial charge in [0.05, 0.1) is 15.5 Å². The Balaban J connectivity index is 1.91. The van der Waals surface area contributed by atoms with E-state index in [4.69, 9.17) is 11.6 Å². The highest BCUT2D eigenvalue weighted by Crippen LogP contribution is 2.31. The molecule has 2 aromatic rings. The summed E-state index contributed by atoms with van der Waals surface area (Å²) in [6.45, 7) is 1.93. The van der Waals surface area contributed by atoms with E-state index in [1.165, 1.54) is 24.3 Å². The molecule has 25 heavy (non-hydrogen) atoms. The van der Waals surface area contributed by atoms with Crippen molar-refractivity contribution in [3.05, 3.63) is 73.6 Å². The summed E-state index contributed by atoms with van der Waals surface area (Å²) in [6, 6.07) is 11.7. The predicted molar refractivity (Wildman–Crippen MR) is 100 cm³/mol. The average molecular weight is 374 g/mol. The lowest BCUT2D eigenvalue weighted by molar-refractivity contribution is -0.384. The molecule has 0 saturated carbocycles. The van der Waals surface area contributed by atoms with Crippen LogP contribution in [0.2, 0.25) is 5.02 Å². The number of nitro groups is 1. The summed E-state index contributed by atoms with van der Waals surface area (Å²) >= 11 is 7.24. The number of nitro benzene ring substituents is 1. The van der Waals surface area contributed by atoms with Gasteiger partial charge in [-0.05, 0) is 42.5 Å². The smallest absolute Gasteiger partial charge is 0.270 e. The molecule has 6 nitrogen and oxygen atoms in total. The van der Waals surface area contributed by atoms with E-state index in [-0.39, 0.29) is 11.6 Å². The van der Waals surface area contributed by atoms with Gasteiger partial charge in [0.1, 0.15) is 0 Å². The minimum Gasteiger partial charge on any atom is -0.300 e. The third-order valence-electron chi connectivity index (χ3n) is 3.47. The molecule has 1 amide bonds. The number of hydrogen-bond donors (Lipinski definition) is 1. The molecule has 0 spiro atoms. The van der Waals surface area contributed by atoms with Crippen LogP contribution in [-0.4, -0.2) is 16.0 Å². The number of nitrogens with one attached hydrogen (secondary N) is 1. The van der Waals surface area contributed by atoms with Crippen molar-refractivity contribution in [1.82, 2.24) is 5.32 Å². The standard InChI is InChI=1S/C17H12ClN3O3S/c1-10-4-2-3-5-14(10)19-17-20-16(22)15(25-17)9-11-8-12(21(23)24)6-7-13(11)18/h2-9H,1H3,(H,19,20,22). The highest BCUT2D eigenvalue weighted by Gasteiger charge is 2.24. The molecule has 8 heteroatoms. The monoisotopic (exact) mass is 373 g/mol. The quantitative estimate of drug-likeness (QED) is 0.489. The molecule has 1 aliphatic heterocycles. The summed E-state index contributed by atoms with van der Waals surface area (Å²) in [7, 11) is 0. The zero-order valence-corrected chi connectivity index (χ0v) is 14.6. The average Bonchev–Trinajstić information content (AvgIpc) is 2.91. The summed E-state index contributed by atoms with van der Waals surface area (Å²) in [6.07, 6.45) is 1.52. The number of rotatable bonds is 3. The van der Waals surface area contributed by atoms with Crippen LogP contribution in [0.25, 0.3) is 6.08 Å². The van der Waals surface area contributed by atoms with E-state index in [1.807, 2.05) is 31.2 Å². The molecule has 0 aromatic heterocycles. The number of aliphatic imine (C=N–C) groups is 1. The molecule has 1 N–H and O–H groups in total. The lowest BCUT2D eigenvalue weighted by atomic mass is 10.2. The van der Waals surface area contributed by atoms with Crippen LogP contribution in [0, 0.1) is 17.0 Å². The molecule has 1 saturated heterocycles. The molecule has 3 rings (SSSR count). The van der Waals surface area contributed by atoms with E-state index in [2.05, 4.69) is 10.3 Å². The van der Waals surface area contributed by atoms with Crippen molar-refractivity contribution in [2.45, 2.75) is 6.92 Å². The number of halogens is 1. The number of benzene rings is 2. The van der Waals surface area contributed by atoms with Gasteiger partial charge in [-0.3, -0.25) is 14.9 Å². The van der Waals surface area contributed by atoms with E-state index in [9.17, 15) is 14.9 Å². The first-order valence-electron chi connectivity index (χ1n) is 7.23. The Morgan fingerprint density at radius 2 is 2.04 bits per heavy atom. The maximum Gasteiger partial charge on any atom is 0.270 e. The van der Waals surface area contributed by atoms with Crippen LogP contribution in [0.15, 0.2) is 52.4 Å².